The summed E-state index contributed by atoms with van der Waals surface area (Å²) >= 11 is 0. The molecule has 0 aromatic heterocycles. The number of urea groups is 1. The maximum atomic E-state index is 13.2. The van der Waals surface area contributed by atoms with Crippen LogP contribution in [-0.2, 0) is 0 Å². The van der Waals surface area contributed by atoms with Gasteiger partial charge in [-0.1, -0.05) is 12.1 Å². The summed E-state index contributed by atoms with van der Waals surface area (Å²) in [5.41, 5.74) is 5.52. The van der Waals surface area contributed by atoms with Crippen molar-refractivity contribution in [2.24, 2.45) is 5.73 Å². The molecule has 0 bridgehead atoms. The van der Waals surface area contributed by atoms with E-state index in [0.717, 1.165) is 6.42 Å². The number of para-hydroxylation sites is 1. The first kappa shape index (κ1) is 12.4. The highest BCUT2D eigenvalue weighted by molar-refractivity contribution is 5.89. The van der Waals surface area contributed by atoms with E-state index in [2.05, 4.69) is 5.32 Å². The molecule has 0 fully saturated rings. The van der Waals surface area contributed by atoms with Crippen LogP contribution in [0.15, 0.2) is 24.3 Å². The number of rotatable bonds is 4. The molecular weight excluding hydrogens is 209 g/mol. The number of halogens is 1. The molecule has 0 radical (unpaired) electrons. The molecule has 16 heavy (non-hydrogen) atoms. The van der Waals surface area contributed by atoms with Crippen LogP contribution in [0, 0.1) is 5.82 Å². The summed E-state index contributed by atoms with van der Waals surface area (Å²) < 4.78 is 13.2. The summed E-state index contributed by atoms with van der Waals surface area (Å²) in [5.74, 6) is -0.442. The lowest BCUT2D eigenvalue weighted by atomic mass is 10.3. The Hall–Kier alpha value is -1.62. The molecule has 88 valence electrons. The average molecular weight is 225 g/mol. The van der Waals surface area contributed by atoms with E-state index in [9.17, 15) is 9.18 Å². The summed E-state index contributed by atoms with van der Waals surface area (Å²) in [6.07, 6.45) is 0.723. The van der Waals surface area contributed by atoms with Crippen molar-refractivity contribution in [3.63, 3.8) is 0 Å². The molecule has 0 saturated carbocycles. The fourth-order valence-corrected chi connectivity index (χ4v) is 1.20. The Morgan fingerprint density at radius 2 is 2.19 bits per heavy atom. The zero-order chi connectivity index (χ0) is 12.0. The van der Waals surface area contributed by atoms with E-state index in [1.165, 1.54) is 17.0 Å². The first-order chi connectivity index (χ1) is 7.65. The molecule has 1 aromatic rings. The fraction of sp³-hybridized carbons (Fsp3) is 0.364. The molecule has 0 atom stereocenters. The quantitative estimate of drug-likeness (QED) is 0.818. The SMILES string of the molecule is CN(CCCN)C(=O)Nc1ccccc1F. The van der Waals surface area contributed by atoms with Gasteiger partial charge in [-0.2, -0.15) is 0 Å². The lowest BCUT2D eigenvalue weighted by Crippen LogP contribution is -2.33. The highest BCUT2D eigenvalue weighted by atomic mass is 19.1. The number of benzene rings is 1. The first-order valence-electron chi connectivity index (χ1n) is 5.12. The molecule has 1 aromatic carbocycles. The molecule has 5 heteroatoms. The number of amides is 2. The van der Waals surface area contributed by atoms with Gasteiger partial charge >= 0.3 is 6.03 Å². The van der Waals surface area contributed by atoms with Gasteiger partial charge in [-0.3, -0.25) is 0 Å². The van der Waals surface area contributed by atoms with Crippen LogP contribution in [0.2, 0.25) is 0 Å². The normalized spacial score (nSPS) is 9.94. The number of carbonyl (C=O) groups excluding carboxylic acids is 1. The number of hydrogen-bond acceptors (Lipinski definition) is 2. The molecule has 1 rings (SSSR count). The van der Waals surface area contributed by atoms with Gasteiger partial charge in [0, 0.05) is 13.6 Å². The predicted octanol–water partition coefficient (Wildman–Crippen LogP) is 1.64. The molecule has 0 aliphatic rings. The van der Waals surface area contributed by atoms with E-state index in [4.69, 9.17) is 5.73 Å². The first-order valence-corrected chi connectivity index (χ1v) is 5.12. The molecule has 0 aliphatic carbocycles. The summed E-state index contributed by atoms with van der Waals surface area (Å²) in [6, 6.07) is 5.72. The minimum absolute atomic E-state index is 0.187. The van der Waals surface area contributed by atoms with Crippen LogP contribution in [0.5, 0.6) is 0 Å². The molecule has 0 unspecified atom stereocenters. The lowest BCUT2D eigenvalue weighted by Gasteiger charge is -2.17. The molecule has 0 spiro atoms. The van der Waals surface area contributed by atoms with Gasteiger partial charge in [0.05, 0.1) is 5.69 Å². The van der Waals surface area contributed by atoms with Crippen molar-refractivity contribution in [1.29, 1.82) is 0 Å². The number of anilines is 1. The standard InChI is InChI=1S/C11H16FN3O/c1-15(8-4-7-13)11(16)14-10-6-3-2-5-9(10)12/h2-3,5-6H,4,7-8,13H2,1H3,(H,14,16). The van der Waals surface area contributed by atoms with E-state index < -0.39 is 5.82 Å². The zero-order valence-electron chi connectivity index (χ0n) is 9.24. The second-order valence-corrected chi connectivity index (χ2v) is 3.47. The Morgan fingerprint density at radius 1 is 1.50 bits per heavy atom. The van der Waals surface area contributed by atoms with Crippen molar-refractivity contribution < 1.29 is 9.18 Å². The highest BCUT2D eigenvalue weighted by Crippen LogP contribution is 2.12. The van der Waals surface area contributed by atoms with Crippen molar-refractivity contribution in [3.8, 4) is 0 Å². The topological polar surface area (TPSA) is 58.4 Å². The maximum absolute atomic E-state index is 13.2. The molecule has 2 amide bonds. The van der Waals surface area contributed by atoms with Gasteiger partial charge in [-0.05, 0) is 25.1 Å². The Bertz CT molecular complexity index is 357. The van der Waals surface area contributed by atoms with Crippen molar-refractivity contribution in [1.82, 2.24) is 4.90 Å². The van der Waals surface area contributed by atoms with Crippen LogP contribution in [-0.4, -0.2) is 31.1 Å². The van der Waals surface area contributed by atoms with Crippen molar-refractivity contribution in [3.05, 3.63) is 30.1 Å². The third kappa shape index (κ3) is 3.51. The van der Waals surface area contributed by atoms with Crippen LogP contribution in [0.3, 0.4) is 0 Å². The molecule has 4 nitrogen and oxygen atoms in total. The second kappa shape index (κ2) is 6.07. The highest BCUT2D eigenvalue weighted by Gasteiger charge is 2.09. The second-order valence-electron chi connectivity index (χ2n) is 3.47. The number of hydrogen-bond donors (Lipinski definition) is 2. The number of nitrogens with one attached hydrogen (secondary N) is 1. The number of nitrogens with zero attached hydrogens (tertiary/aromatic N) is 1. The minimum atomic E-state index is -0.442. The van der Waals surface area contributed by atoms with Crippen LogP contribution >= 0.6 is 0 Å². The van der Waals surface area contributed by atoms with Crippen molar-refractivity contribution >= 4 is 11.7 Å². The summed E-state index contributed by atoms with van der Waals surface area (Å²) in [6.45, 7) is 1.08. The Morgan fingerprint density at radius 3 is 2.81 bits per heavy atom. The van der Waals surface area contributed by atoms with Crippen LogP contribution in [0.4, 0.5) is 14.9 Å². The van der Waals surface area contributed by atoms with Crippen molar-refractivity contribution in [2.75, 3.05) is 25.5 Å². The van der Waals surface area contributed by atoms with Gasteiger partial charge in [0.15, 0.2) is 0 Å². The third-order valence-electron chi connectivity index (χ3n) is 2.16. The number of carbonyl (C=O) groups is 1. The van der Waals surface area contributed by atoms with Crippen LogP contribution in [0.25, 0.3) is 0 Å². The smallest absolute Gasteiger partial charge is 0.321 e. The van der Waals surface area contributed by atoms with Crippen LogP contribution in [0.1, 0.15) is 6.42 Å². The predicted molar refractivity (Wildman–Crippen MR) is 61.7 cm³/mol. The zero-order valence-corrected chi connectivity index (χ0v) is 9.24. The molecular formula is C11H16FN3O. The van der Waals surface area contributed by atoms with Gasteiger partial charge < -0.3 is 16.0 Å². The molecule has 0 saturated heterocycles. The third-order valence-corrected chi connectivity index (χ3v) is 2.16. The molecule has 0 aliphatic heterocycles. The largest absolute Gasteiger partial charge is 0.330 e. The molecule has 3 N–H and O–H groups in total. The van der Waals surface area contributed by atoms with E-state index in [0.29, 0.717) is 13.1 Å². The Kier molecular flexibility index (Phi) is 4.72. The number of nitrogens with two attached hydrogens (primary N) is 1. The monoisotopic (exact) mass is 225 g/mol. The Labute approximate surface area is 94.2 Å². The lowest BCUT2D eigenvalue weighted by molar-refractivity contribution is 0.222. The van der Waals surface area contributed by atoms with Gasteiger partial charge in [0.1, 0.15) is 5.82 Å². The van der Waals surface area contributed by atoms with Gasteiger partial charge in [0.2, 0.25) is 0 Å². The van der Waals surface area contributed by atoms with E-state index in [-0.39, 0.29) is 11.7 Å². The fourth-order valence-electron chi connectivity index (χ4n) is 1.20. The summed E-state index contributed by atoms with van der Waals surface area (Å²) in [4.78, 5) is 13.0. The van der Waals surface area contributed by atoms with Crippen LogP contribution < -0.4 is 11.1 Å². The molecule has 0 heterocycles. The van der Waals surface area contributed by atoms with Gasteiger partial charge in [-0.25, -0.2) is 9.18 Å². The van der Waals surface area contributed by atoms with Gasteiger partial charge in [0.25, 0.3) is 0 Å². The van der Waals surface area contributed by atoms with Crippen molar-refractivity contribution in [2.45, 2.75) is 6.42 Å². The van der Waals surface area contributed by atoms with E-state index in [1.54, 1.807) is 19.2 Å². The maximum Gasteiger partial charge on any atom is 0.321 e. The average Bonchev–Trinajstić information content (AvgIpc) is 2.28. The summed E-state index contributed by atoms with van der Waals surface area (Å²) in [7, 11) is 1.64. The summed E-state index contributed by atoms with van der Waals surface area (Å²) in [5, 5.41) is 2.49. The van der Waals surface area contributed by atoms with Gasteiger partial charge in [-0.15, -0.1) is 0 Å². The van der Waals surface area contributed by atoms with E-state index >= 15 is 0 Å². The minimum Gasteiger partial charge on any atom is -0.330 e. The Balaban J connectivity index is 2.54. The van der Waals surface area contributed by atoms with E-state index in [1.807, 2.05) is 0 Å².